The van der Waals surface area contributed by atoms with Crippen molar-refractivity contribution in [1.29, 1.82) is 0 Å². The quantitative estimate of drug-likeness (QED) is 0.553. The molecule has 0 saturated carbocycles. The number of rotatable bonds is 5. The van der Waals surface area contributed by atoms with Gasteiger partial charge in [0, 0.05) is 18.7 Å². The van der Waals surface area contributed by atoms with Crippen LogP contribution in [-0.4, -0.2) is 86.3 Å². The molecule has 1 aliphatic heterocycles. The predicted molar refractivity (Wildman–Crippen MR) is 99.1 cm³/mol. The fourth-order valence-electron chi connectivity index (χ4n) is 3.01. The summed E-state index contributed by atoms with van der Waals surface area (Å²) in [6.07, 6.45) is -1.36. The molecule has 1 aliphatic rings. The molecule has 1 unspecified atom stereocenters. The summed E-state index contributed by atoms with van der Waals surface area (Å²) in [6, 6.07) is 9.45. The van der Waals surface area contributed by atoms with Crippen LogP contribution in [0.5, 0.6) is 0 Å². The van der Waals surface area contributed by atoms with E-state index in [1.807, 2.05) is 30.3 Å². The summed E-state index contributed by atoms with van der Waals surface area (Å²) in [7, 11) is 0. The Labute approximate surface area is 164 Å². The Kier molecular flexibility index (Phi) is 5.77. The molecular formula is C18H19N5O6. The number of benzene rings is 1. The van der Waals surface area contributed by atoms with Gasteiger partial charge in [-0.05, 0) is 6.07 Å². The normalized spacial score (nSPS) is 16.3. The number of nitrogens with one attached hydrogen (secondary N) is 2. The molecule has 11 nitrogen and oxygen atoms in total. The number of carbonyl (C=O) groups is 4. The highest BCUT2D eigenvalue weighted by molar-refractivity contribution is 5.95. The lowest BCUT2D eigenvalue weighted by molar-refractivity contribution is -0.147. The zero-order valence-electron chi connectivity index (χ0n) is 15.2. The van der Waals surface area contributed by atoms with Gasteiger partial charge in [-0.25, -0.2) is 9.59 Å². The molecule has 1 fully saturated rings. The van der Waals surface area contributed by atoms with Gasteiger partial charge in [0.15, 0.2) is 0 Å². The van der Waals surface area contributed by atoms with Gasteiger partial charge >= 0.3 is 12.1 Å². The second-order valence-corrected chi connectivity index (χ2v) is 6.39. The third kappa shape index (κ3) is 4.51. The lowest BCUT2D eigenvalue weighted by atomic mass is 10.1. The van der Waals surface area contributed by atoms with Gasteiger partial charge in [-0.3, -0.25) is 19.6 Å². The number of hydrogen-bond acceptors (Lipinski definition) is 5. The number of aromatic amines is 1. The summed E-state index contributed by atoms with van der Waals surface area (Å²) in [6.45, 7) is -0.698. The number of amides is 3. The molecule has 1 aromatic heterocycles. The Bertz CT molecular complexity index is 928. The SMILES string of the molecule is O=C(NCC(=O)N1CCN(C(=O)O)C(C(=O)O)C1)c1cc(-c2ccccc2)n[nH]1. The first-order chi connectivity index (χ1) is 13.9. The van der Waals surface area contributed by atoms with Crippen molar-refractivity contribution in [2.75, 3.05) is 26.2 Å². The van der Waals surface area contributed by atoms with Crippen molar-refractivity contribution in [3.8, 4) is 11.3 Å². The monoisotopic (exact) mass is 401 g/mol. The van der Waals surface area contributed by atoms with Crippen LogP contribution in [0.25, 0.3) is 11.3 Å². The van der Waals surface area contributed by atoms with Gasteiger partial charge in [0.05, 0.1) is 18.8 Å². The fourth-order valence-corrected chi connectivity index (χ4v) is 3.01. The van der Waals surface area contributed by atoms with Gasteiger partial charge in [0.25, 0.3) is 5.91 Å². The summed E-state index contributed by atoms with van der Waals surface area (Å²) in [5.74, 6) is -2.37. The summed E-state index contributed by atoms with van der Waals surface area (Å²) >= 11 is 0. The number of hydrogen-bond donors (Lipinski definition) is 4. The summed E-state index contributed by atoms with van der Waals surface area (Å²) in [5.41, 5.74) is 1.59. The van der Waals surface area contributed by atoms with Gasteiger partial charge in [0.2, 0.25) is 5.91 Å². The van der Waals surface area contributed by atoms with E-state index in [0.29, 0.717) is 5.69 Å². The number of carboxylic acid groups (broad SMARTS) is 2. The van der Waals surface area contributed by atoms with Crippen LogP contribution in [0.3, 0.4) is 0 Å². The van der Waals surface area contributed by atoms with Gasteiger partial charge in [0.1, 0.15) is 11.7 Å². The van der Waals surface area contributed by atoms with E-state index in [4.69, 9.17) is 5.11 Å². The maximum Gasteiger partial charge on any atom is 0.408 e. The van der Waals surface area contributed by atoms with Crippen LogP contribution in [0.2, 0.25) is 0 Å². The molecule has 0 aliphatic carbocycles. The van der Waals surface area contributed by atoms with Crippen LogP contribution < -0.4 is 5.32 Å². The van der Waals surface area contributed by atoms with E-state index in [1.165, 1.54) is 4.90 Å². The van der Waals surface area contributed by atoms with Crippen molar-refractivity contribution in [2.24, 2.45) is 0 Å². The molecule has 2 heterocycles. The minimum absolute atomic E-state index is 0.0486. The topological polar surface area (TPSA) is 156 Å². The van der Waals surface area contributed by atoms with E-state index in [2.05, 4.69) is 15.5 Å². The summed E-state index contributed by atoms with van der Waals surface area (Å²) in [5, 5.41) is 27.4. The molecule has 1 aromatic carbocycles. The molecule has 2 aromatic rings. The first-order valence-corrected chi connectivity index (χ1v) is 8.76. The predicted octanol–water partition coefficient (Wildman–Crippen LogP) is 0.0819. The van der Waals surface area contributed by atoms with Gasteiger partial charge < -0.3 is 20.4 Å². The van der Waals surface area contributed by atoms with Crippen molar-refractivity contribution in [3.05, 3.63) is 42.1 Å². The van der Waals surface area contributed by atoms with Crippen molar-refractivity contribution >= 4 is 23.9 Å². The number of piperazine rings is 1. The maximum atomic E-state index is 12.3. The molecule has 0 spiro atoms. The van der Waals surface area contributed by atoms with Crippen LogP contribution in [0.4, 0.5) is 4.79 Å². The van der Waals surface area contributed by atoms with Gasteiger partial charge in [-0.15, -0.1) is 0 Å². The molecule has 4 N–H and O–H groups in total. The molecule has 0 radical (unpaired) electrons. The van der Waals surface area contributed by atoms with E-state index < -0.39 is 29.9 Å². The average Bonchev–Trinajstić information content (AvgIpc) is 3.22. The highest BCUT2D eigenvalue weighted by Gasteiger charge is 2.36. The number of carbonyl (C=O) groups excluding carboxylic acids is 2. The summed E-state index contributed by atoms with van der Waals surface area (Å²) in [4.78, 5) is 49.0. The number of aromatic nitrogens is 2. The van der Waals surface area contributed by atoms with Crippen LogP contribution in [0.15, 0.2) is 36.4 Å². The van der Waals surface area contributed by atoms with Crippen molar-refractivity contribution < 1.29 is 29.4 Å². The van der Waals surface area contributed by atoms with E-state index in [-0.39, 0.29) is 31.9 Å². The second kappa shape index (κ2) is 8.42. The van der Waals surface area contributed by atoms with E-state index >= 15 is 0 Å². The zero-order chi connectivity index (χ0) is 21.0. The number of carboxylic acids is 1. The third-order valence-electron chi connectivity index (χ3n) is 4.56. The lowest BCUT2D eigenvalue weighted by Gasteiger charge is -2.37. The Morgan fingerprint density at radius 2 is 1.86 bits per heavy atom. The molecule has 1 saturated heterocycles. The molecule has 29 heavy (non-hydrogen) atoms. The molecule has 3 rings (SSSR count). The smallest absolute Gasteiger partial charge is 0.408 e. The largest absolute Gasteiger partial charge is 0.480 e. The third-order valence-corrected chi connectivity index (χ3v) is 4.56. The van der Waals surface area contributed by atoms with Crippen LogP contribution in [0, 0.1) is 0 Å². The Balaban J connectivity index is 1.57. The first kappa shape index (κ1) is 19.9. The van der Waals surface area contributed by atoms with E-state index in [1.54, 1.807) is 6.07 Å². The number of aliphatic carboxylic acids is 1. The van der Waals surface area contributed by atoms with Crippen LogP contribution >= 0.6 is 0 Å². The number of nitrogens with zero attached hydrogens (tertiary/aromatic N) is 3. The zero-order valence-corrected chi connectivity index (χ0v) is 15.2. The highest BCUT2D eigenvalue weighted by atomic mass is 16.4. The maximum absolute atomic E-state index is 12.3. The molecule has 11 heteroatoms. The van der Waals surface area contributed by atoms with Crippen molar-refractivity contribution in [1.82, 2.24) is 25.3 Å². The molecule has 0 bridgehead atoms. The van der Waals surface area contributed by atoms with E-state index in [9.17, 15) is 24.3 Å². The first-order valence-electron chi connectivity index (χ1n) is 8.76. The summed E-state index contributed by atoms with van der Waals surface area (Å²) < 4.78 is 0. The molecule has 3 amide bonds. The standard InChI is InChI=1S/C18H19N5O6/c24-15(22-6-7-23(18(28)29)14(10-22)17(26)27)9-19-16(25)13-8-12(20-21-13)11-4-2-1-3-5-11/h1-5,8,14H,6-7,9-10H2,(H,19,25)(H,20,21)(H,26,27)(H,28,29). The molecule has 1 atom stereocenters. The Hall–Kier alpha value is -3.89. The minimum Gasteiger partial charge on any atom is -0.480 e. The van der Waals surface area contributed by atoms with Gasteiger partial charge in [-0.2, -0.15) is 5.10 Å². The molecular weight excluding hydrogens is 382 g/mol. The van der Waals surface area contributed by atoms with E-state index in [0.717, 1.165) is 10.5 Å². The highest BCUT2D eigenvalue weighted by Crippen LogP contribution is 2.16. The minimum atomic E-state index is -1.36. The lowest BCUT2D eigenvalue weighted by Crippen LogP contribution is -2.60. The second-order valence-electron chi connectivity index (χ2n) is 6.39. The van der Waals surface area contributed by atoms with Crippen molar-refractivity contribution in [2.45, 2.75) is 6.04 Å². The van der Waals surface area contributed by atoms with Crippen LogP contribution in [0.1, 0.15) is 10.5 Å². The Morgan fingerprint density at radius 3 is 2.52 bits per heavy atom. The fraction of sp³-hybridized carbons (Fsp3) is 0.278. The molecule has 152 valence electrons. The van der Waals surface area contributed by atoms with Crippen LogP contribution in [-0.2, 0) is 9.59 Å². The van der Waals surface area contributed by atoms with Crippen molar-refractivity contribution in [3.63, 3.8) is 0 Å². The average molecular weight is 401 g/mol. The number of H-pyrrole nitrogens is 1. The Morgan fingerprint density at radius 1 is 1.14 bits per heavy atom. The van der Waals surface area contributed by atoms with Gasteiger partial charge in [-0.1, -0.05) is 30.3 Å².